The highest BCUT2D eigenvalue weighted by Crippen LogP contribution is 2.44. The van der Waals surface area contributed by atoms with E-state index in [1.54, 1.807) is 13.0 Å². The zero-order chi connectivity index (χ0) is 16.1. The third-order valence-corrected chi connectivity index (χ3v) is 5.70. The van der Waals surface area contributed by atoms with Crippen molar-refractivity contribution in [3.05, 3.63) is 28.9 Å². The van der Waals surface area contributed by atoms with Crippen LogP contribution in [0.1, 0.15) is 5.69 Å². The Balaban J connectivity index is 2.07. The maximum Gasteiger partial charge on any atom is 0.404 e. The first-order valence-electron chi connectivity index (χ1n) is 6.41. The van der Waals surface area contributed by atoms with E-state index in [4.69, 9.17) is 16.7 Å². The summed E-state index contributed by atoms with van der Waals surface area (Å²) in [6.45, 7) is 2.04. The molecule has 22 heavy (non-hydrogen) atoms. The number of nitrogens with one attached hydrogen (secondary N) is 1. The topological polar surface area (TPSA) is 101 Å². The van der Waals surface area contributed by atoms with Crippen molar-refractivity contribution in [3.63, 3.8) is 0 Å². The number of halogens is 1. The van der Waals surface area contributed by atoms with E-state index in [1.165, 1.54) is 16.8 Å². The lowest BCUT2D eigenvalue weighted by atomic mass is 10.1. The third kappa shape index (κ3) is 2.15. The van der Waals surface area contributed by atoms with E-state index < -0.39 is 15.9 Å². The number of rotatable bonds is 3. The molecule has 0 saturated carbocycles. The largest absolute Gasteiger partial charge is 0.465 e. The van der Waals surface area contributed by atoms with Gasteiger partial charge in [-0.1, -0.05) is 11.6 Å². The average Bonchev–Trinajstić information content (AvgIpc) is 2.85. The summed E-state index contributed by atoms with van der Waals surface area (Å²) < 4.78 is 26.7. The van der Waals surface area contributed by atoms with Gasteiger partial charge in [0.25, 0.3) is 0 Å². The summed E-state index contributed by atoms with van der Waals surface area (Å²) in [4.78, 5) is 10.8. The molecule has 0 spiro atoms. The quantitative estimate of drug-likeness (QED) is 0.758. The van der Waals surface area contributed by atoms with Crippen molar-refractivity contribution in [2.75, 3.05) is 6.54 Å². The molecular weight excluding hydrogens is 330 g/mol. The third-order valence-electron chi connectivity index (χ3n) is 3.51. The fraction of sp³-hybridized carbons (Fsp3) is 0.231. The Kier molecular flexibility index (Phi) is 3.37. The van der Waals surface area contributed by atoms with Gasteiger partial charge in [-0.2, -0.15) is 5.10 Å². The highest BCUT2D eigenvalue weighted by Gasteiger charge is 2.38. The Bertz CT molecular complexity index is 889. The Morgan fingerprint density at radius 1 is 1.45 bits per heavy atom. The molecule has 2 N–H and O–H groups in total. The zero-order valence-electron chi connectivity index (χ0n) is 11.5. The number of benzene rings is 1. The summed E-state index contributed by atoms with van der Waals surface area (Å²) in [6.07, 6.45) is -1.14. The van der Waals surface area contributed by atoms with Crippen molar-refractivity contribution in [1.82, 2.24) is 15.1 Å². The minimum absolute atomic E-state index is 0.138. The number of sulfone groups is 1. The van der Waals surface area contributed by atoms with E-state index in [-0.39, 0.29) is 22.9 Å². The summed E-state index contributed by atoms with van der Waals surface area (Å²) in [7, 11) is -3.61. The van der Waals surface area contributed by atoms with Crippen molar-refractivity contribution >= 4 is 27.5 Å². The Labute approximate surface area is 131 Å². The first kappa shape index (κ1) is 14.9. The number of aromatic nitrogens is 2. The Morgan fingerprint density at radius 3 is 2.86 bits per heavy atom. The van der Waals surface area contributed by atoms with E-state index in [2.05, 4.69) is 10.4 Å². The molecule has 7 nitrogen and oxygen atoms in total. The molecule has 116 valence electrons. The van der Waals surface area contributed by atoms with Crippen LogP contribution < -0.4 is 5.32 Å². The van der Waals surface area contributed by atoms with Crippen LogP contribution in [-0.4, -0.2) is 35.9 Å². The molecule has 2 heterocycles. The van der Waals surface area contributed by atoms with Gasteiger partial charge in [-0.05, 0) is 25.1 Å². The number of hydrogen-bond acceptors (Lipinski definition) is 4. The number of hydrogen-bond donors (Lipinski definition) is 2. The van der Waals surface area contributed by atoms with E-state index in [1.807, 2.05) is 0 Å². The molecule has 3 rings (SSSR count). The molecule has 1 aliphatic rings. The lowest BCUT2D eigenvalue weighted by Gasteiger charge is -2.06. The van der Waals surface area contributed by atoms with Gasteiger partial charge in [-0.15, -0.1) is 0 Å². The van der Waals surface area contributed by atoms with Crippen molar-refractivity contribution in [2.45, 2.75) is 23.3 Å². The van der Waals surface area contributed by atoms with Crippen molar-refractivity contribution in [2.24, 2.45) is 0 Å². The number of carboxylic acid groups (broad SMARTS) is 1. The fourth-order valence-electron chi connectivity index (χ4n) is 2.55. The van der Waals surface area contributed by atoms with Crippen molar-refractivity contribution in [3.8, 4) is 11.3 Å². The van der Waals surface area contributed by atoms with Crippen LogP contribution in [0.25, 0.3) is 11.3 Å². The second-order valence-electron chi connectivity index (χ2n) is 4.86. The average molecular weight is 342 g/mol. The van der Waals surface area contributed by atoms with E-state index in [0.717, 1.165) is 0 Å². The molecule has 1 aliphatic heterocycles. The number of nitrogens with zero attached hydrogens (tertiary/aromatic N) is 2. The first-order valence-corrected chi connectivity index (χ1v) is 8.27. The Hall–Kier alpha value is -2.06. The molecule has 0 unspecified atom stereocenters. The molecule has 0 atom stereocenters. The molecular formula is C13H12ClN3O4S. The summed E-state index contributed by atoms with van der Waals surface area (Å²) in [5, 5.41) is 15.5. The van der Waals surface area contributed by atoms with Gasteiger partial charge in [0, 0.05) is 17.1 Å². The van der Waals surface area contributed by atoms with Crippen LogP contribution in [0.15, 0.2) is 28.0 Å². The van der Waals surface area contributed by atoms with Gasteiger partial charge in [-0.25, -0.2) is 13.2 Å². The maximum atomic E-state index is 12.6. The van der Waals surface area contributed by atoms with Crippen LogP contribution in [0.5, 0.6) is 0 Å². The lowest BCUT2D eigenvalue weighted by molar-refractivity contribution is 0.194. The van der Waals surface area contributed by atoms with Crippen LogP contribution >= 0.6 is 11.6 Å². The van der Waals surface area contributed by atoms with Crippen LogP contribution in [0.4, 0.5) is 4.79 Å². The summed E-state index contributed by atoms with van der Waals surface area (Å²) in [5.74, 6) is 0. The zero-order valence-corrected chi connectivity index (χ0v) is 13.1. The number of amides is 1. The summed E-state index contributed by atoms with van der Waals surface area (Å²) in [6, 6.07) is 4.58. The standard InChI is InChI=1S/C13H12ClN3O4S/c1-7-12-11(16-17(7)5-4-15-13(18)19)9-6-8(14)2-3-10(9)22(12,20)21/h2-3,6,15H,4-5H2,1H3,(H,18,19). The van der Waals surface area contributed by atoms with Crippen molar-refractivity contribution < 1.29 is 18.3 Å². The van der Waals surface area contributed by atoms with Gasteiger partial charge < -0.3 is 10.4 Å². The maximum absolute atomic E-state index is 12.6. The van der Waals surface area contributed by atoms with Crippen LogP contribution in [0.3, 0.4) is 0 Å². The molecule has 1 amide bonds. The van der Waals surface area contributed by atoms with Gasteiger partial charge in [0.05, 0.1) is 17.1 Å². The van der Waals surface area contributed by atoms with Gasteiger partial charge >= 0.3 is 6.09 Å². The molecule has 0 radical (unpaired) electrons. The molecule has 0 bridgehead atoms. The van der Waals surface area contributed by atoms with E-state index in [9.17, 15) is 13.2 Å². The molecule has 1 aromatic carbocycles. The molecule has 0 saturated heterocycles. The molecule has 1 aromatic heterocycles. The van der Waals surface area contributed by atoms with Gasteiger partial charge in [-0.3, -0.25) is 4.68 Å². The van der Waals surface area contributed by atoms with Crippen molar-refractivity contribution in [1.29, 1.82) is 0 Å². The predicted octanol–water partition coefficient (Wildman–Crippen LogP) is 1.93. The molecule has 2 aromatic rings. The van der Waals surface area contributed by atoms with Gasteiger partial charge in [0.2, 0.25) is 9.84 Å². The normalized spacial score (nSPS) is 14.5. The fourth-order valence-corrected chi connectivity index (χ4v) is 4.53. The smallest absolute Gasteiger partial charge is 0.404 e. The van der Waals surface area contributed by atoms with Crippen LogP contribution in [0, 0.1) is 6.92 Å². The second-order valence-corrected chi connectivity index (χ2v) is 7.15. The van der Waals surface area contributed by atoms with Gasteiger partial charge in [0.1, 0.15) is 10.6 Å². The van der Waals surface area contributed by atoms with E-state index >= 15 is 0 Å². The summed E-state index contributed by atoms with van der Waals surface area (Å²) >= 11 is 5.94. The minimum Gasteiger partial charge on any atom is -0.465 e. The Morgan fingerprint density at radius 2 is 2.18 bits per heavy atom. The SMILES string of the molecule is Cc1c2c(nn1CCNC(=O)O)-c1cc(Cl)ccc1S2(=O)=O. The second kappa shape index (κ2) is 4.99. The van der Waals surface area contributed by atoms with Gasteiger partial charge in [0.15, 0.2) is 0 Å². The number of fused-ring (bicyclic) bond motifs is 3. The number of carbonyl (C=O) groups is 1. The highest BCUT2D eigenvalue weighted by atomic mass is 35.5. The van der Waals surface area contributed by atoms with Crippen LogP contribution in [0.2, 0.25) is 5.02 Å². The lowest BCUT2D eigenvalue weighted by Crippen LogP contribution is -2.26. The monoisotopic (exact) mass is 341 g/mol. The molecule has 9 heteroatoms. The van der Waals surface area contributed by atoms with E-state index in [0.29, 0.717) is 22.0 Å². The predicted molar refractivity (Wildman–Crippen MR) is 78.9 cm³/mol. The molecule has 0 fully saturated rings. The highest BCUT2D eigenvalue weighted by molar-refractivity contribution is 7.92. The minimum atomic E-state index is -3.61. The first-order chi connectivity index (χ1) is 10.3. The molecule has 0 aliphatic carbocycles. The van der Waals surface area contributed by atoms with Crippen LogP contribution in [-0.2, 0) is 16.4 Å². The summed E-state index contributed by atoms with van der Waals surface area (Å²) in [5.41, 5.74) is 1.33.